The number of hydrogen-bond donors (Lipinski definition) is 3. The molecule has 22 heavy (non-hydrogen) atoms. The van der Waals surface area contributed by atoms with Crippen LogP contribution in [0.2, 0.25) is 0 Å². The van der Waals surface area contributed by atoms with Gasteiger partial charge in [-0.15, -0.1) is 0 Å². The summed E-state index contributed by atoms with van der Waals surface area (Å²) in [5, 5.41) is 18.2. The van der Waals surface area contributed by atoms with Crippen molar-refractivity contribution in [2.24, 2.45) is 5.73 Å². The maximum absolute atomic E-state index is 10.9. The number of aliphatic carboxylic acids is 1. The molecule has 0 bridgehead atoms. The Morgan fingerprint density at radius 3 is 2.41 bits per heavy atom. The number of carbonyl (C=O) groups is 1. The molecule has 4 N–H and O–H groups in total. The average Bonchev–Trinajstić information content (AvgIpc) is 2.46. The summed E-state index contributed by atoms with van der Waals surface area (Å²) in [5.41, 5.74) is 6.46. The van der Waals surface area contributed by atoms with Gasteiger partial charge >= 0.3 is 5.97 Å². The third-order valence-corrected chi connectivity index (χ3v) is 4.77. The predicted molar refractivity (Wildman–Crippen MR) is 99.4 cm³/mol. The fraction of sp³-hybridized carbons (Fsp3) is 0.133. The van der Waals surface area contributed by atoms with Crippen LogP contribution >= 0.6 is 45.2 Å². The average molecular weight is 525 g/mol. The van der Waals surface area contributed by atoms with Crippen LogP contribution in [0.15, 0.2) is 36.4 Å². The number of phenols is 1. The van der Waals surface area contributed by atoms with Gasteiger partial charge in [-0.1, -0.05) is 0 Å². The number of carboxylic acid groups (broad SMARTS) is 1. The van der Waals surface area contributed by atoms with Crippen molar-refractivity contribution < 1.29 is 19.7 Å². The van der Waals surface area contributed by atoms with Crippen LogP contribution in [0.25, 0.3) is 0 Å². The number of hydrogen-bond acceptors (Lipinski definition) is 4. The van der Waals surface area contributed by atoms with Crippen molar-refractivity contribution in [2.75, 3.05) is 0 Å². The fourth-order valence-corrected chi connectivity index (χ4v) is 3.07. The molecule has 0 aliphatic heterocycles. The van der Waals surface area contributed by atoms with E-state index in [9.17, 15) is 9.90 Å². The molecule has 0 saturated carbocycles. The Balaban J connectivity index is 2.22. The molecular weight excluding hydrogens is 512 g/mol. The van der Waals surface area contributed by atoms with Crippen molar-refractivity contribution in [3.05, 3.63) is 49.1 Å². The molecule has 0 amide bonds. The van der Waals surface area contributed by atoms with Crippen molar-refractivity contribution in [1.82, 2.24) is 0 Å². The summed E-state index contributed by atoms with van der Waals surface area (Å²) in [5.74, 6) is 0.440. The second-order valence-electron chi connectivity index (χ2n) is 4.62. The number of carboxylic acids is 1. The lowest BCUT2D eigenvalue weighted by Gasteiger charge is -2.13. The van der Waals surface area contributed by atoms with Crippen LogP contribution in [-0.4, -0.2) is 22.2 Å². The standard InChI is InChI=1S/C15H13I2NO4/c16-11-7-14(22-10-3-1-9(19)2-4-10)12(17)5-8(11)6-13(18)15(20)21/h1-5,7,13,19H,6,18H2,(H,20,21)/t13-/m0/s1. The molecule has 116 valence electrons. The first-order chi connectivity index (χ1) is 10.4. The maximum atomic E-state index is 10.9. The smallest absolute Gasteiger partial charge is 0.320 e. The highest BCUT2D eigenvalue weighted by atomic mass is 127. The molecule has 0 fully saturated rings. The van der Waals surface area contributed by atoms with Crippen molar-refractivity contribution in [3.8, 4) is 17.2 Å². The van der Waals surface area contributed by atoms with E-state index in [2.05, 4.69) is 45.2 Å². The Bertz CT molecular complexity index is 689. The Morgan fingerprint density at radius 1 is 1.18 bits per heavy atom. The van der Waals surface area contributed by atoms with Gasteiger partial charge in [0.25, 0.3) is 0 Å². The van der Waals surface area contributed by atoms with E-state index in [1.54, 1.807) is 24.3 Å². The Labute approximate surface area is 154 Å². The number of aromatic hydroxyl groups is 1. The number of rotatable bonds is 5. The second-order valence-corrected chi connectivity index (χ2v) is 6.94. The summed E-state index contributed by atoms with van der Waals surface area (Å²) in [6.07, 6.45) is 0.267. The molecule has 7 heteroatoms. The molecule has 1 atom stereocenters. The molecule has 0 aliphatic rings. The summed E-state index contributed by atoms with van der Waals surface area (Å²) >= 11 is 4.27. The molecule has 5 nitrogen and oxygen atoms in total. The molecule has 0 aromatic heterocycles. The van der Waals surface area contributed by atoms with E-state index < -0.39 is 12.0 Å². The van der Waals surface area contributed by atoms with Gasteiger partial charge < -0.3 is 20.7 Å². The monoisotopic (exact) mass is 525 g/mol. The number of phenolic OH excluding ortho intramolecular Hbond substituents is 1. The highest BCUT2D eigenvalue weighted by molar-refractivity contribution is 14.1. The number of nitrogens with two attached hydrogens (primary N) is 1. The topological polar surface area (TPSA) is 92.8 Å². The third kappa shape index (κ3) is 4.46. The normalized spacial score (nSPS) is 12.0. The SMILES string of the molecule is N[C@@H](Cc1cc(I)c(Oc2ccc(O)cc2)cc1I)C(=O)O. The minimum absolute atomic E-state index is 0.176. The van der Waals surface area contributed by atoms with Crippen LogP contribution in [0.4, 0.5) is 0 Å². The van der Waals surface area contributed by atoms with E-state index in [1.165, 1.54) is 0 Å². The first-order valence-electron chi connectivity index (χ1n) is 6.30. The van der Waals surface area contributed by atoms with Crippen molar-refractivity contribution >= 4 is 51.2 Å². The van der Waals surface area contributed by atoms with Crippen molar-refractivity contribution in [1.29, 1.82) is 0 Å². The molecule has 0 aliphatic carbocycles. The minimum Gasteiger partial charge on any atom is -0.508 e. The molecule has 2 rings (SSSR count). The predicted octanol–water partition coefficient (Wildman–Crippen LogP) is 3.35. The summed E-state index contributed by atoms with van der Waals surface area (Å²) in [6.45, 7) is 0. The van der Waals surface area contributed by atoms with Gasteiger partial charge in [0.15, 0.2) is 0 Å². The van der Waals surface area contributed by atoms with E-state index in [0.717, 1.165) is 12.7 Å². The largest absolute Gasteiger partial charge is 0.508 e. The first kappa shape index (κ1) is 17.3. The molecule has 0 saturated heterocycles. The summed E-state index contributed by atoms with van der Waals surface area (Å²) in [7, 11) is 0. The highest BCUT2D eigenvalue weighted by Gasteiger charge is 2.16. The number of ether oxygens (including phenoxy) is 1. The maximum Gasteiger partial charge on any atom is 0.320 e. The minimum atomic E-state index is -1.02. The van der Waals surface area contributed by atoms with Crippen LogP contribution in [-0.2, 0) is 11.2 Å². The molecule has 0 unspecified atom stereocenters. The van der Waals surface area contributed by atoms with Crippen molar-refractivity contribution in [3.63, 3.8) is 0 Å². The van der Waals surface area contributed by atoms with Crippen LogP contribution in [0.3, 0.4) is 0 Å². The van der Waals surface area contributed by atoms with Gasteiger partial charge in [0.2, 0.25) is 0 Å². The van der Waals surface area contributed by atoms with E-state index in [4.69, 9.17) is 15.6 Å². The molecule has 0 radical (unpaired) electrons. The van der Waals surface area contributed by atoms with Gasteiger partial charge in [-0.05, 0) is 93.6 Å². The van der Waals surface area contributed by atoms with Crippen LogP contribution in [0.5, 0.6) is 17.2 Å². The van der Waals surface area contributed by atoms with Gasteiger partial charge in [-0.25, -0.2) is 0 Å². The van der Waals surface area contributed by atoms with Crippen molar-refractivity contribution in [2.45, 2.75) is 12.5 Å². The molecule has 2 aromatic rings. The zero-order valence-corrected chi connectivity index (χ0v) is 15.6. The van der Waals surface area contributed by atoms with Crippen LogP contribution in [0, 0.1) is 7.14 Å². The first-order valence-corrected chi connectivity index (χ1v) is 8.45. The lowest BCUT2D eigenvalue weighted by molar-refractivity contribution is -0.138. The van der Waals surface area contributed by atoms with Crippen LogP contribution < -0.4 is 10.5 Å². The fourth-order valence-electron chi connectivity index (χ4n) is 1.77. The van der Waals surface area contributed by atoms with Gasteiger partial charge in [0.05, 0.1) is 3.57 Å². The Hall–Kier alpha value is -1.07. The summed E-state index contributed by atoms with van der Waals surface area (Å²) in [6, 6.07) is 9.24. The third-order valence-electron chi connectivity index (χ3n) is 2.92. The van der Waals surface area contributed by atoms with Gasteiger partial charge in [-0.2, -0.15) is 0 Å². The lowest BCUT2D eigenvalue weighted by atomic mass is 10.1. The Kier molecular flexibility index (Phi) is 5.87. The number of benzene rings is 2. The zero-order valence-electron chi connectivity index (χ0n) is 11.3. The lowest BCUT2D eigenvalue weighted by Crippen LogP contribution is -2.32. The second kappa shape index (κ2) is 7.47. The molecule has 2 aromatic carbocycles. The number of halogens is 2. The molecule has 0 spiro atoms. The van der Waals surface area contributed by atoms with E-state index in [1.807, 2.05) is 12.1 Å². The zero-order chi connectivity index (χ0) is 16.3. The summed E-state index contributed by atoms with van der Waals surface area (Å²) in [4.78, 5) is 10.9. The quantitative estimate of drug-likeness (QED) is 0.522. The van der Waals surface area contributed by atoms with E-state index in [-0.39, 0.29) is 12.2 Å². The van der Waals surface area contributed by atoms with Gasteiger partial charge in [0.1, 0.15) is 23.3 Å². The van der Waals surface area contributed by atoms with Gasteiger partial charge in [0, 0.05) is 3.57 Å². The summed E-state index contributed by atoms with van der Waals surface area (Å²) < 4.78 is 7.53. The molecular formula is C15H13I2NO4. The Morgan fingerprint density at radius 2 is 1.82 bits per heavy atom. The van der Waals surface area contributed by atoms with E-state index in [0.29, 0.717) is 11.5 Å². The van der Waals surface area contributed by atoms with E-state index >= 15 is 0 Å². The van der Waals surface area contributed by atoms with Crippen LogP contribution in [0.1, 0.15) is 5.56 Å². The van der Waals surface area contributed by atoms with Gasteiger partial charge in [-0.3, -0.25) is 4.79 Å². The highest BCUT2D eigenvalue weighted by Crippen LogP contribution is 2.31. The molecule has 0 heterocycles.